The molecular weight excluding hydrogens is 274 g/mol. The van der Waals surface area contributed by atoms with Gasteiger partial charge in [0, 0.05) is 31.4 Å². The summed E-state index contributed by atoms with van der Waals surface area (Å²) in [6.07, 6.45) is 0.955. The Kier molecular flexibility index (Phi) is 4.73. The van der Waals surface area contributed by atoms with E-state index in [-0.39, 0.29) is 6.04 Å². The zero-order chi connectivity index (χ0) is 14.5. The number of rotatable bonds is 6. The Morgan fingerprint density at radius 1 is 1.40 bits per heavy atom. The Hall–Kier alpha value is -1.89. The van der Waals surface area contributed by atoms with Gasteiger partial charge in [-0.2, -0.15) is 15.0 Å². The van der Waals surface area contributed by atoms with E-state index >= 15 is 0 Å². The van der Waals surface area contributed by atoms with E-state index < -0.39 is 0 Å². The summed E-state index contributed by atoms with van der Waals surface area (Å²) in [4.78, 5) is 16.1. The number of thiophene rings is 1. The van der Waals surface area contributed by atoms with Crippen LogP contribution < -0.4 is 15.0 Å². The highest BCUT2D eigenvalue weighted by molar-refractivity contribution is 7.09. The summed E-state index contributed by atoms with van der Waals surface area (Å²) in [5, 5.41) is 5.01. The number of hydrogen-bond donors (Lipinski definition) is 1. The summed E-state index contributed by atoms with van der Waals surface area (Å²) in [5.41, 5.74) is 0. The lowest BCUT2D eigenvalue weighted by Crippen LogP contribution is -2.32. The Balaban J connectivity index is 2.16. The predicted molar refractivity (Wildman–Crippen MR) is 81.8 cm³/mol. The van der Waals surface area contributed by atoms with Gasteiger partial charge < -0.3 is 15.0 Å². The van der Waals surface area contributed by atoms with Gasteiger partial charge in [0.15, 0.2) is 0 Å². The average Bonchev–Trinajstić information content (AvgIpc) is 2.98. The van der Waals surface area contributed by atoms with Crippen molar-refractivity contribution in [2.24, 2.45) is 0 Å². The molecule has 108 valence electrons. The van der Waals surface area contributed by atoms with Gasteiger partial charge in [0.05, 0.1) is 7.11 Å². The Labute approximate surface area is 122 Å². The Morgan fingerprint density at radius 3 is 2.80 bits per heavy atom. The third-order valence-corrected chi connectivity index (χ3v) is 3.96. The van der Waals surface area contributed by atoms with E-state index in [0.717, 1.165) is 6.42 Å². The standard InChI is InChI=1S/C13H19N5OS/c1-9(8-10-6-5-7-20-10)18(3)12-15-11(14-2)16-13(17-12)19-4/h5-7,9H,8H2,1-4H3,(H,14,15,16,17). The molecule has 1 unspecified atom stereocenters. The minimum atomic E-state index is 0.283. The maximum absolute atomic E-state index is 5.11. The third kappa shape index (κ3) is 3.36. The Morgan fingerprint density at radius 2 is 2.20 bits per heavy atom. The van der Waals surface area contributed by atoms with Crippen LogP contribution in [0.2, 0.25) is 0 Å². The number of ether oxygens (including phenoxy) is 1. The fourth-order valence-corrected chi connectivity index (χ4v) is 2.59. The van der Waals surface area contributed by atoms with Crippen LogP contribution in [-0.4, -0.2) is 42.2 Å². The maximum Gasteiger partial charge on any atom is 0.322 e. The number of methoxy groups -OCH3 is 1. The normalized spacial score (nSPS) is 12.0. The van der Waals surface area contributed by atoms with Gasteiger partial charge in [0.25, 0.3) is 0 Å². The number of nitrogens with zero attached hydrogens (tertiary/aromatic N) is 4. The van der Waals surface area contributed by atoms with Crippen LogP contribution in [0.25, 0.3) is 0 Å². The van der Waals surface area contributed by atoms with Crippen LogP contribution in [-0.2, 0) is 6.42 Å². The summed E-state index contributed by atoms with van der Waals surface area (Å²) in [6, 6.07) is 4.81. The van der Waals surface area contributed by atoms with Crippen molar-refractivity contribution in [2.45, 2.75) is 19.4 Å². The highest BCUT2D eigenvalue weighted by atomic mass is 32.1. The molecule has 0 aromatic carbocycles. The molecule has 1 N–H and O–H groups in total. The summed E-state index contributed by atoms with van der Waals surface area (Å²) >= 11 is 1.76. The highest BCUT2D eigenvalue weighted by Gasteiger charge is 2.16. The van der Waals surface area contributed by atoms with E-state index in [1.807, 2.05) is 11.9 Å². The second-order valence-electron chi connectivity index (χ2n) is 4.44. The molecule has 0 fully saturated rings. The molecule has 2 aromatic heterocycles. The molecule has 0 amide bonds. The van der Waals surface area contributed by atoms with Crippen molar-refractivity contribution in [1.82, 2.24) is 15.0 Å². The number of nitrogens with one attached hydrogen (secondary N) is 1. The van der Waals surface area contributed by atoms with E-state index in [1.54, 1.807) is 25.5 Å². The van der Waals surface area contributed by atoms with E-state index in [2.05, 4.69) is 44.7 Å². The predicted octanol–water partition coefficient (Wildman–Crippen LogP) is 2.05. The minimum absolute atomic E-state index is 0.283. The number of hydrogen-bond acceptors (Lipinski definition) is 7. The van der Waals surface area contributed by atoms with Crippen molar-refractivity contribution in [3.05, 3.63) is 22.4 Å². The smallest absolute Gasteiger partial charge is 0.322 e. The van der Waals surface area contributed by atoms with Gasteiger partial charge in [-0.05, 0) is 18.4 Å². The van der Waals surface area contributed by atoms with Gasteiger partial charge in [-0.3, -0.25) is 0 Å². The molecule has 0 spiro atoms. The first-order chi connectivity index (χ1) is 9.63. The SMILES string of the molecule is CNc1nc(OC)nc(N(C)C(C)Cc2cccs2)n1. The van der Waals surface area contributed by atoms with Crippen LogP contribution in [0.4, 0.5) is 11.9 Å². The average molecular weight is 293 g/mol. The van der Waals surface area contributed by atoms with Gasteiger partial charge in [-0.1, -0.05) is 6.07 Å². The van der Waals surface area contributed by atoms with Crippen molar-refractivity contribution in [2.75, 3.05) is 31.4 Å². The largest absolute Gasteiger partial charge is 0.467 e. The van der Waals surface area contributed by atoms with Crippen molar-refractivity contribution in [3.63, 3.8) is 0 Å². The van der Waals surface area contributed by atoms with Crippen molar-refractivity contribution in [1.29, 1.82) is 0 Å². The third-order valence-electron chi connectivity index (χ3n) is 3.06. The van der Waals surface area contributed by atoms with Crippen LogP contribution >= 0.6 is 11.3 Å². The van der Waals surface area contributed by atoms with Gasteiger partial charge in [0.2, 0.25) is 11.9 Å². The first-order valence-electron chi connectivity index (χ1n) is 6.37. The highest BCUT2D eigenvalue weighted by Crippen LogP contribution is 2.19. The maximum atomic E-state index is 5.11. The molecule has 0 saturated carbocycles. The van der Waals surface area contributed by atoms with E-state index in [4.69, 9.17) is 4.74 Å². The monoisotopic (exact) mass is 293 g/mol. The number of anilines is 2. The van der Waals surface area contributed by atoms with Crippen LogP contribution in [0.15, 0.2) is 17.5 Å². The van der Waals surface area contributed by atoms with Crippen molar-refractivity contribution >= 4 is 23.2 Å². The zero-order valence-electron chi connectivity index (χ0n) is 12.1. The lowest BCUT2D eigenvalue weighted by atomic mass is 10.2. The van der Waals surface area contributed by atoms with Gasteiger partial charge in [-0.25, -0.2) is 0 Å². The number of likely N-dealkylation sites (N-methyl/N-ethyl adjacent to an activating group) is 1. The minimum Gasteiger partial charge on any atom is -0.467 e. The van der Waals surface area contributed by atoms with Gasteiger partial charge >= 0.3 is 6.01 Å². The van der Waals surface area contributed by atoms with E-state index in [1.165, 1.54) is 4.88 Å². The van der Waals surface area contributed by atoms with Crippen LogP contribution in [0.5, 0.6) is 6.01 Å². The first kappa shape index (κ1) is 14.5. The quantitative estimate of drug-likeness (QED) is 0.879. The fourth-order valence-electron chi connectivity index (χ4n) is 1.76. The van der Waals surface area contributed by atoms with Crippen LogP contribution in [0, 0.1) is 0 Å². The van der Waals surface area contributed by atoms with Gasteiger partial charge in [-0.15, -0.1) is 11.3 Å². The molecule has 2 heterocycles. The second-order valence-corrected chi connectivity index (χ2v) is 5.47. The molecule has 6 nitrogen and oxygen atoms in total. The molecule has 2 aromatic rings. The Bertz CT molecular complexity index is 523. The first-order valence-corrected chi connectivity index (χ1v) is 7.25. The lowest BCUT2D eigenvalue weighted by molar-refractivity contribution is 0.378. The second kappa shape index (κ2) is 6.51. The molecule has 0 aliphatic rings. The molecule has 0 aliphatic carbocycles. The molecule has 20 heavy (non-hydrogen) atoms. The van der Waals surface area contributed by atoms with Crippen LogP contribution in [0.3, 0.4) is 0 Å². The van der Waals surface area contributed by atoms with Gasteiger partial charge in [0.1, 0.15) is 0 Å². The van der Waals surface area contributed by atoms with Crippen molar-refractivity contribution < 1.29 is 4.74 Å². The summed E-state index contributed by atoms with van der Waals surface area (Å²) in [7, 11) is 5.30. The molecule has 0 aliphatic heterocycles. The van der Waals surface area contributed by atoms with Crippen molar-refractivity contribution in [3.8, 4) is 6.01 Å². The molecule has 0 bridgehead atoms. The summed E-state index contributed by atoms with van der Waals surface area (Å²) in [5.74, 6) is 1.10. The van der Waals surface area contributed by atoms with Crippen LogP contribution in [0.1, 0.15) is 11.8 Å². The summed E-state index contributed by atoms with van der Waals surface area (Å²) in [6.45, 7) is 2.15. The van der Waals surface area contributed by atoms with E-state index in [0.29, 0.717) is 17.9 Å². The molecular formula is C13H19N5OS. The zero-order valence-corrected chi connectivity index (χ0v) is 12.9. The molecule has 0 saturated heterocycles. The fraction of sp³-hybridized carbons (Fsp3) is 0.462. The van der Waals surface area contributed by atoms with E-state index in [9.17, 15) is 0 Å². The molecule has 0 radical (unpaired) electrons. The lowest BCUT2D eigenvalue weighted by Gasteiger charge is -2.24. The summed E-state index contributed by atoms with van der Waals surface area (Å²) < 4.78 is 5.11. The molecule has 7 heteroatoms. The molecule has 1 atom stereocenters. The topological polar surface area (TPSA) is 63.2 Å². The number of aromatic nitrogens is 3. The molecule has 2 rings (SSSR count).